The third-order valence-corrected chi connectivity index (χ3v) is 5.76. The van der Waals surface area contributed by atoms with E-state index in [1.807, 2.05) is 31.2 Å². The van der Waals surface area contributed by atoms with Gasteiger partial charge in [0.05, 0.1) is 12.8 Å². The fraction of sp³-hybridized carbons (Fsp3) is 0.138. The maximum atomic E-state index is 13.2. The number of carbonyl (C=O) groups excluding carboxylic acids is 3. The molecular formula is C29H25FN2O5. The van der Waals surface area contributed by atoms with Gasteiger partial charge in [-0.15, -0.1) is 0 Å². The first kappa shape index (κ1) is 25.4. The molecule has 1 aliphatic heterocycles. The Morgan fingerprint density at radius 3 is 2.22 bits per heavy atom. The molecule has 188 valence electrons. The van der Waals surface area contributed by atoms with Crippen LogP contribution in [-0.2, 0) is 19.1 Å². The highest BCUT2D eigenvalue weighted by Gasteiger charge is 2.38. The largest absolute Gasteiger partial charge is 0.484 e. The molecule has 1 heterocycles. The van der Waals surface area contributed by atoms with Crippen LogP contribution >= 0.6 is 0 Å². The fourth-order valence-electron chi connectivity index (χ4n) is 3.88. The Morgan fingerprint density at radius 2 is 1.59 bits per heavy atom. The number of hydrogen-bond acceptors (Lipinski definition) is 6. The molecule has 0 bridgehead atoms. The van der Waals surface area contributed by atoms with Crippen LogP contribution in [0.15, 0.2) is 89.8 Å². The number of hydrogen-bond donors (Lipinski definition) is 1. The van der Waals surface area contributed by atoms with E-state index in [0.717, 1.165) is 11.3 Å². The molecule has 1 amide bonds. The van der Waals surface area contributed by atoms with E-state index in [4.69, 9.17) is 9.47 Å². The molecule has 4 rings (SSSR count). The Kier molecular flexibility index (Phi) is 7.48. The van der Waals surface area contributed by atoms with Crippen LogP contribution in [0.4, 0.5) is 15.8 Å². The molecule has 7 nitrogen and oxygen atoms in total. The number of Topliss-reactive ketones (excluding diaryl/α,β-unsaturated/α-hetero) is 1. The van der Waals surface area contributed by atoms with E-state index in [2.05, 4.69) is 5.32 Å². The van der Waals surface area contributed by atoms with Crippen LogP contribution in [0.1, 0.15) is 18.1 Å². The molecule has 0 spiro atoms. The van der Waals surface area contributed by atoms with E-state index in [-0.39, 0.29) is 18.1 Å². The summed E-state index contributed by atoms with van der Waals surface area (Å²) in [5.74, 6) is -1.44. The predicted octanol–water partition coefficient (Wildman–Crippen LogP) is 5.03. The van der Waals surface area contributed by atoms with Crippen molar-refractivity contribution in [2.75, 3.05) is 23.9 Å². The van der Waals surface area contributed by atoms with E-state index in [9.17, 15) is 18.8 Å². The van der Waals surface area contributed by atoms with Crippen molar-refractivity contribution in [1.29, 1.82) is 0 Å². The number of halogens is 1. The number of methoxy groups -OCH3 is 1. The number of ketones is 1. The normalized spacial score (nSPS) is 14.2. The molecule has 0 aliphatic carbocycles. The predicted molar refractivity (Wildman–Crippen MR) is 138 cm³/mol. The topological polar surface area (TPSA) is 84.9 Å². The number of ether oxygens (including phenoxy) is 2. The van der Waals surface area contributed by atoms with Crippen LogP contribution in [0.3, 0.4) is 0 Å². The van der Waals surface area contributed by atoms with Gasteiger partial charge in [0, 0.05) is 17.1 Å². The van der Waals surface area contributed by atoms with Crippen molar-refractivity contribution in [1.82, 2.24) is 0 Å². The number of esters is 1. The zero-order valence-corrected chi connectivity index (χ0v) is 20.6. The molecule has 0 fully saturated rings. The first-order valence-corrected chi connectivity index (χ1v) is 11.5. The maximum absolute atomic E-state index is 13.2. The van der Waals surface area contributed by atoms with Crippen molar-refractivity contribution in [2.45, 2.75) is 13.8 Å². The number of aryl methyl sites for hydroxylation is 1. The number of benzene rings is 3. The summed E-state index contributed by atoms with van der Waals surface area (Å²) in [6, 6.07) is 19.9. The van der Waals surface area contributed by atoms with Crippen molar-refractivity contribution in [2.24, 2.45) is 0 Å². The van der Waals surface area contributed by atoms with Crippen molar-refractivity contribution in [3.05, 3.63) is 107 Å². The number of nitrogens with zero attached hydrogens (tertiary/aromatic N) is 1. The van der Waals surface area contributed by atoms with E-state index >= 15 is 0 Å². The van der Waals surface area contributed by atoms with Crippen molar-refractivity contribution < 1.29 is 28.2 Å². The first-order chi connectivity index (χ1) is 17.8. The van der Waals surface area contributed by atoms with Crippen LogP contribution in [0.25, 0.3) is 6.08 Å². The quantitative estimate of drug-likeness (QED) is 0.278. The fourth-order valence-corrected chi connectivity index (χ4v) is 3.88. The summed E-state index contributed by atoms with van der Waals surface area (Å²) in [5.41, 5.74) is 3.76. The summed E-state index contributed by atoms with van der Waals surface area (Å²) in [5, 5.41) is 2.62. The average molecular weight is 501 g/mol. The Bertz CT molecular complexity index is 1390. The van der Waals surface area contributed by atoms with Crippen molar-refractivity contribution in [3.63, 3.8) is 0 Å². The van der Waals surface area contributed by atoms with Crippen LogP contribution in [-0.4, -0.2) is 31.4 Å². The van der Waals surface area contributed by atoms with Gasteiger partial charge in [-0.2, -0.15) is 0 Å². The zero-order valence-electron chi connectivity index (χ0n) is 20.6. The van der Waals surface area contributed by atoms with Gasteiger partial charge in [0.2, 0.25) is 5.78 Å². The second-order valence-electron chi connectivity index (χ2n) is 8.39. The Labute approximate surface area is 213 Å². The number of nitrogens with one attached hydrogen (secondary N) is 1. The Morgan fingerprint density at radius 1 is 0.946 bits per heavy atom. The lowest BCUT2D eigenvalue weighted by Crippen LogP contribution is -2.20. The van der Waals surface area contributed by atoms with Gasteiger partial charge >= 0.3 is 5.97 Å². The second-order valence-corrected chi connectivity index (χ2v) is 8.39. The molecule has 0 radical (unpaired) electrons. The molecule has 0 unspecified atom stereocenters. The molecule has 3 aromatic rings. The van der Waals surface area contributed by atoms with Gasteiger partial charge in [0.15, 0.2) is 6.61 Å². The summed E-state index contributed by atoms with van der Waals surface area (Å²) < 4.78 is 23.4. The number of amides is 1. The first-order valence-electron chi connectivity index (χ1n) is 11.5. The minimum atomic E-state index is -0.689. The van der Waals surface area contributed by atoms with E-state index < -0.39 is 17.6 Å². The maximum Gasteiger partial charge on any atom is 0.343 e. The van der Waals surface area contributed by atoms with Gasteiger partial charge in [0.25, 0.3) is 5.91 Å². The number of allylic oxidation sites excluding steroid dienone is 2. The van der Waals surface area contributed by atoms with E-state index in [1.54, 1.807) is 42.2 Å². The van der Waals surface area contributed by atoms with Gasteiger partial charge in [0.1, 0.15) is 17.1 Å². The smallest absolute Gasteiger partial charge is 0.343 e. The van der Waals surface area contributed by atoms with E-state index in [1.165, 1.54) is 31.4 Å². The molecule has 1 aliphatic rings. The molecule has 0 saturated carbocycles. The summed E-state index contributed by atoms with van der Waals surface area (Å²) >= 11 is 0. The van der Waals surface area contributed by atoms with Crippen LogP contribution in [0.2, 0.25) is 0 Å². The molecular weight excluding hydrogens is 475 g/mol. The monoisotopic (exact) mass is 500 g/mol. The Hall–Kier alpha value is -4.72. The average Bonchev–Trinajstić information content (AvgIpc) is 3.14. The summed E-state index contributed by atoms with van der Waals surface area (Å²) in [4.78, 5) is 39.4. The van der Waals surface area contributed by atoms with Gasteiger partial charge in [-0.1, -0.05) is 29.8 Å². The van der Waals surface area contributed by atoms with Gasteiger partial charge in [-0.05, 0) is 74.0 Å². The lowest BCUT2D eigenvalue weighted by molar-refractivity contribution is -0.137. The third-order valence-electron chi connectivity index (χ3n) is 5.76. The SMILES string of the molecule is COC(=O)C1=C(C)N(c2ccc(C)cc2)/C(=C\c2ccc(OCC(=O)Nc3ccc(F)cc3)cc2)C1=O. The highest BCUT2D eigenvalue weighted by molar-refractivity contribution is 6.30. The molecule has 3 aromatic carbocycles. The highest BCUT2D eigenvalue weighted by atomic mass is 19.1. The lowest BCUT2D eigenvalue weighted by atomic mass is 10.1. The standard InChI is InChI=1S/C29H25FN2O5/c1-18-4-12-23(13-5-18)32-19(2)27(29(35)36-3)28(34)25(32)16-20-6-14-24(15-7-20)37-17-26(33)31-22-10-8-21(30)9-11-22/h4-16H,17H2,1-3H3,(H,31,33)/b25-16-. The number of carbonyl (C=O) groups is 3. The van der Waals surface area contributed by atoms with Gasteiger partial charge < -0.3 is 19.7 Å². The Balaban J connectivity index is 1.51. The molecule has 0 saturated heterocycles. The zero-order chi connectivity index (χ0) is 26.5. The van der Waals surface area contributed by atoms with Crippen LogP contribution in [0, 0.1) is 12.7 Å². The second kappa shape index (κ2) is 10.9. The summed E-state index contributed by atoms with van der Waals surface area (Å²) in [6.07, 6.45) is 1.69. The van der Waals surface area contributed by atoms with Crippen LogP contribution in [0.5, 0.6) is 5.75 Å². The molecule has 37 heavy (non-hydrogen) atoms. The van der Waals surface area contributed by atoms with Crippen LogP contribution < -0.4 is 15.0 Å². The molecule has 0 aromatic heterocycles. The molecule has 8 heteroatoms. The minimum Gasteiger partial charge on any atom is -0.484 e. The number of rotatable bonds is 7. The van der Waals surface area contributed by atoms with Gasteiger partial charge in [-0.25, -0.2) is 9.18 Å². The number of anilines is 2. The third kappa shape index (κ3) is 5.75. The van der Waals surface area contributed by atoms with E-state index in [0.29, 0.717) is 28.4 Å². The van der Waals surface area contributed by atoms with Crippen molar-refractivity contribution >= 4 is 35.1 Å². The minimum absolute atomic E-state index is 0.0126. The molecule has 1 N–H and O–H groups in total. The lowest BCUT2D eigenvalue weighted by Gasteiger charge is -2.21. The summed E-state index contributed by atoms with van der Waals surface area (Å²) in [6.45, 7) is 3.44. The molecule has 0 atom stereocenters. The summed E-state index contributed by atoms with van der Waals surface area (Å²) in [7, 11) is 1.24. The van der Waals surface area contributed by atoms with Gasteiger partial charge in [-0.3, -0.25) is 9.59 Å². The highest BCUT2D eigenvalue weighted by Crippen LogP contribution is 2.35. The van der Waals surface area contributed by atoms with Crippen molar-refractivity contribution in [3.8, 4) is 5.75 Å².